The molecule has 146 valence electrons. The van der Waals surface area contributed by atoms with Gasteiger partial charge in [-0.05, 0) is 24.1 Å². The molecule has 10 heteroatoms. The number of nitrogens with zero attached hydrogens (tertiary/aromatic N) is 1. The minimum absolute atomic E-state index is 0. The van der Waals surface area contributed by atoms with Crippen LogP contribution in [0.2, 0.25) is 0 Å². The Balaban J connectivity index is 0.00000261. The molecule has 1 saturated heterocycles. The van der Waals surface area contributed by atoms with E-state index in [-0.39, 0.29) is 41.3 Å². The SMILES string of the molecule is Cl.NC1CCN(c2cccc(-c3cccc(F)c3CS(N)(=O)=O)c2F)C1=O. The molecule has 1 atom stereocenters. The normalized spacial score (nSPS) is 17.1. The maximum atomic E-state index is 15.1. The van der Waals surface area contributed by atoms with Gasteiger partial charge in [0.15, 0.2) is 5.82 Å². The third-order valence-corrected chi connectivity index (χ3v) is 4.96. The van der Waals surface area contributed by atoms with Gasteiger partial charge in [0.2, 0.25) is 15.9 Å². The monoisotopic (exact) mass is 417 g/mol. The summed E-state index contributed by atoms with van der Waals surface area (Å²) in [6.07, 6.45) is 0.402. The molecule has 27 heavy (non-hydrogen) atoms. The van der Waals surface area contributed by atoms with Gasteiger partial charge in [0.1, 0.15) is 5.82 Å². The zero-order valence-corrected chi connectivity index (χ0v) is 15.7. The molecule has 3 rings (SSSR count). The lowest BCUT2D eigenvalue weighted by molar-refractivity contribution is -0.118. The van der Waals surface area contributed by atoms with Crippen molar-refractivity contribution in [1.82, 2.24) is 0 Å². The number of carbonyl (C=O) groups excluding carboxylic acids is 1. The zero-order valence-electron chi connectivity index (χ0n) is 14.1. The van der Waals surface area contributed by atoms with Gasteiger partial charge >= 0.3 is 0 Å². The lowest BCUT2D eigenvalue weighted by Crippen LogP contribution is -2.34. The molecule has 0 aromatic heterocycles. The molecule has 1 aliphatic heterocycles. The van der Waals surface area contributed by atoms with Crippen molar-refractivity contribution >= 4 is 34.0 Å². The van der Waals surface area contributed by atoms with Gasteiger partial charge in [-0.3, -0.25) is 4.79 Å². The Kier molecular flexibility index (Phi) is 6.21. The van der Waals surface area contributed by atoms with Crippen LogP contribution in [0.15, 0.2) is 36.4 Å². The molecule has 0 spiro atoms. The predicted molar refractivity (Wildman–Crippen MR) is 101 cm³/mol. The second-order valence-electron chi connectivity index (χ2n) is 6.10. The Bertz CT molecular complexity index is 985. The number of anilines is 1. The van der Waals surface area contributed by atoms with Crippen molar-refractivity contribution in [3.8, 4) is 11.1 Å². The van der Waals surface area contributed by atoms with E-state index >= 15 is 4.39 Å². The molecule has 1 heterocycles. The molecule has 4 N–H and O–H groups in total. The summed E-state index contributed by atoms with van der Waals surface area (Å²) in [5, 5.41) is 5.03. The summed E-state index contributed by atoms with van der Waals surface area (Å²) in [4.78, 5) is 13.3. The van der Waals surface area contributed by atoms with Gasteiger partial charge in [-0.1, -0.05) is 24.3 Å². The first-order valence-electron chi connectivity index (χ1n) is 7.83. The van der Waals surface area contributed by atoms with Crippen molar-refractivity contribution in [3.63, 3.8) is 0 Å². The Morgan fingerprint density at radius 3 is 2.33 bits per heavy atom. The molecule has 0 bridgehead atoms. The van der Waals surface area contributed by atoms with Crippen LogP contribution in [0.25, 0.3) is 11.1 Å². The summed E-state index contributed by atoms with van der Waals surface area (Å²) in [7, 11) is -4.03. The fourth-order valence-electron chi connectivity index (χ4n) is 3.04. The summed E-state index contributed by atoms with van der Waals surface area (Å²) >= 11 is 0. The molecule has 2 aromatic rings. The van der Waals surface area contributed by atoms with Crippen molar-refractivity contribution in [1.29, 1.82) is 0 Å². The van der Waals surface area contributed by atoms with E-state index in [0.29, 0.717) is 6.42 Å². The Morgan fingerprint density at radius 1 is 1.11 bits per heavy atom. The van der Waals surface area contributed by atoms with Crippen LogP contribution < -0.4 is 15.8 Å². The number of hydrogen-bond acceptors (Lipinski definition) is 4. The molecule has 1 unspecified atom stereocenters. The third-order valence-electron chi connectivity index (χ3n) is 4.27. The van der Waals surface area contributed by atoms with Gasteiger partial charge in [-0.2, -0.15) is 0 Å². The largest absolute Gasteiger partial charge is 0.320 e. The van der Waals surface area contributed by atoms with Gasteiger partial charge in [0.05, 0.1) is 17.5 Å². The Labute approximate surface area is 161 Å². The fraction of sp³-hybridized carbons (Fsp3) is 0.235. The second kappa shape index (κ2) is 7.89. The number of benzene rings is 2. The van der Waals surface area contributed by atoms with Crippen LogP contribution in [-0.4, -0.2) is 26.9 Å². The molecular formula is C17H18ClF2N3O3S. The van der Waals surface area contributed by atoms with Crippen molar-refractivity contribution in [2.24, 2.45) is 10.9 Å². The lowest BCUT2D eigenvalue weighted by Gasteiger charge is -2.19. The lowest BCUT2D eigenvalue weighted by atomic mass is 9.98. The molecule has 0 radical (unpaired) electrons. The van der Waals surface area contributed by atoms with Crippen LogP contribution in [-0.2, 0) is 20.6 Å². The Hall–Kier alpha value is -2.07. The van der Waals surface area contributed by atoms with Crippen LogP contribution in [0.3, 0.4) is 0 Å². The van der Waals surface area contributed by atoms with Crippen LogP contribution in [0.1, 0.15) is 12.0 Å². The van der Waals surface area contributed by atoms with Gasteiger partial charge in [-0.15, -0.1) is 12.4 Å². The summed E-state index contributed by atoms with van der Waals surface area (Å²) in [5.74, 6) is -2.73. The van der Waals surface area contributed by atoms with Crippen LogP contribution in [0.4, 0.5) is 14.5 Å². The molecular weight excluding hydrogens is 400 g/mol. The van der Waals surface area contributed by atoms with E-state index in [9.17, 15) is 17.6 Å². The van der Waals surface area contributed by atoms with Gasteiger partial charge in [-0.25, -0.2) is 22.3 Å². The molecule has 1 aliphatic rings. The predicted octanol–water partition coefficient (Wildman–Crippen LogP) is 1.91. The minimum atomic E-state index is -4.03. The van der Waals surface area contributed by atoms with Crippen molar-refractivity contribution in [2.45, 2.75) is 18.2 Å². The van der Waals surface area contributed by atoms with E-state index < -0.39 is 39.4 Å². The first-order chi connectivity index (χ1) is 12.2. The third kappa shape index (κ3) is 4.27. The topological polar surface area (TPSA) is 106 Å². The van der Waals surface area contributed by atoms with Crippen LogP contribution in [0, 0.1) is 11.6 Å². The fourth-order valence-corrected chi connectivity index (χ4v) is 3.73. The number of amides is 1. The van der Waals surface area contributed by atoms with Crippen molar-refractivity contribution in [2.75, 3.05) is 11.4 Å². The van der Waals surface area contributed by atoms with Gasteiger partial charge < -0.3 is 10.6 Å². The molecule has 1 amide bonds. The second-order valence-corrected chi connectivity index (χ2v) is 7.71. The van der Waals surface area contributed by atoms with Gasteiger partial charge in [0.25, 0.3) is 0 Å². The molecule has 1 fully saturated rings. The van der Waals surface area contributed by atoms with Crippen molar-refractivity contribution in [3.05, 3.63) is 53.6 Å². The summed E-state index contributed by atoms with van der Waals surface area (Å²) in [6, 6.07) is 7.47. The number of halogens is 3. The number of rotatable bonds is 4. The first kappa shape index (κ1) is 21.2. The van der Waals surface area contributed by atoms with E-state index in [1.165, 1.54) is 35.2 Å². The van der Waals surface area contributed by atoms with E-state index in [4.69, 9.17) is 10.9 Å². The minimum Gasteiger partial charge on any atom is -0.320 e. The number of carbonyl (C=O) groups is 1. The highest BCUT2D eigenvalue weighted by atomic mass is 35.5. The average molecular weight is 418 g/mol. The summed E-state index contributed by atoms with van der Waals surface area (Å²) in [6.45, 7) is 0.271. The van der Waals surface area contributed by atoms with E-state index in [2.05, 4.69) is 0 Å². The smallest absolute Gasteiger partial charge is 0.244 e. The van der Waals surface area contributed by atoms with Crippen LogP contribution >= 0.6 is 12.4 Å². The molecule has 0 aliphatic carbocycles. The maximum absolute atomic E-state index is 15.1. The highest BCUT2D eigenvalue weighted by Crippen LogP contribution is 2.34. The average Bonchev–Trinajstić information content (AvgIpc) is 2.88. The maximum Gasteiger partial charge on any atom is 0.244 e. The van der Waals surface area contributed by atoms with Gasteiger partial charge in [0, 0.05) is 17.7 Å². The summed E-state index contributed by atoms with van der Waals surface area (Å²) in [5.41, 5.74) is 5.51. The molecule has 0 saturated carbocycles. The zero-order chi connectivity index (χ0) is 19.1. The quantitative estimate of drug-likeness (QED) is 0.792. The standard InChI is InChI=1S/C17H17F2N3O3S.ClH/c18-13-5-1-3-10(12(13)9-26(21,24)25)11-4-2-6-15(16(11)19)22-8-7-14(20)17(22)23;/h1-6,14H,7-9,20H2,(H2,21,24,25);1H. The summed E-state index contributed by atoms with van der Waals surface area (Å²) < 4.78 is 52.2. The highest BCUT2D eigenvalue weighted by Gasteiger charge is 2.32. The Morgan fingerprint density at radius 2 is 1.74 bits per heavy atom. The number of hydrogen-bond donors (Lipinski definition) is 2. The highest BCUT2D eigenvalue weighted by molar-refractivity contribution is 7.88. The van der Waals surface area contributed by atoms with E-state index in [0.717, 1.165) is 6.07 Å². The number of nitrogens with two attached hydrogens (primary N) is 2. The van der Waals surface area contributed by atoms with E-state index in [1.54, 1.807) is 0 Å². The first-order valence-corrected chi connectivity index (χ1v) is 9.54. The number of primary sulfonamides is 1. The van der Waals surface area contributed by atoms with Crippen LogP contribution in [0.5, 0.6) is 0 Å². The molecule has 2 aromatic carbocycles. The number of sulfonamides is 1. The van der Waals surface area contributed by atoms with E-state index in [1.807, 2.05) is 0 Å². The molecule has 6 nitrogen and oxygen atoms in total. The van der Waals surface area contributed by atoms with Crippen molar-refractivity contribution < 1.29 is 22.0 Å².